The van der Waals surface area contributed by atoms with E-state index in [0.29, 0.717) is 5.56 Å². The molecular weight excluding hydrogens is 181 g/mol. The van der Waals surface area contributed by atoms with Crippen LogP contribution < -0.4 is 0 Å². The molecule has 0 bridgehead atoms. The molecule has 0 aliphatic heterocycles. The van der Waals surface area contributed by atoms with Crippen molar-refractivity contribution in [2.24, 2.45) is 0 Å². The van der Waals surface area contributed by atoms with Gasteiger partial charge in [-0.2, -0.15) is 4.39 Å². The van der Waals surface area contributed by atoms with Gasteiger partial charge in [-0.15, -0.1) is 0 Å². The normalized spacial score (nSPS) is 10.9. The predicted octanol–water partition coefficient (Wildman–Crippen LogP) is 1.88. The van der Waals surface area contributed by atoms with Gasteiger partial charge in [0.05, 0.1) is 11.6 Å². The van der Waals surface area contributed by atoms with Crippen molar-refractivity contribution in [2.75, 3.05) is 6.61 Å². The Morgan fingerprint density at radius 2 is 2.42 bits per heavy atom. The Kier molecular flexibility index (Phi) is 3.19. The summed E-state index contributed by atoms with van der Waals surface area (Å²) in [5.74, 6) is -0.683. The van der Waals surface area contributed by atoms with Gasteiger partial charge in [0.15, 0.2) is 0 Å². The van der Waals surface area contributed by atoms with E-state index in [0.717, 1.165) is 0 Å². The standard InChI is InChI=1S/C8H7ClFNO/c9-7-4-6(2-1-3-12)5-11-8(7)10/h1-2,4-5,12H,3H2. The SMILES string of the molecule is OCC=Cc1cnc(F)c(Cl)c1. The van der Waals surface area contributed by atoms with E-state index in [1.807, 2.05) is 0 Å². The van der Waals surface area contributed by atoms with Crippen LogP contribution in [0.25, 0.3) is 6.08 Å². The summed E-state index contributed by atoms with van der Waals surface area (Å²) in [6.07, 6.45) is 4.47. The van der Waals surface area contributed by atoms with E-state index in [4.69, 9.17) is 16.7 Å². The van der Waals surface area contributed by atoms with E-state index < -0.39 is 5.95 Å². The van der Waals surface area contributed by atoms with Crippen LogP contribution in [0.4, 0.5) is 4.39 Å². The number of hydrogen-bond acceptors (Lipinski definition) is 2. The van der Waals surface area contributed by atoms with Gasteiger partial charge >= 0.3 is 0 Å². The Balaban J connectivity index is 2.89. The Bertz CT molecular complexity index is 301. The van der Waals surface area contributed by atoms with Gasteiger partial charge in [0.25, 0.3) is 0 Å². The number of hydrogen-bond donors (Lipinski definition) is 1. The molecule has 1 N–H and O–H groups in total. The van der Waals surface area contributed by atoms with Gasteiger partial charge in [0.1, 0.15) is 0 Å². The maximum atomic E-state index is 12.5. The highest BCUT2D eigenvalue weighted by atomic mass is 35.5. The molecule has 0 spiro atoms. The highest BCUT2D eigenvalue weighted by molar-refractivity contribution is 6.30. The zero-order chi connectivity index (χ0) is 8.97. The fourth-order valence-electron chi connectivity index (χ4n) is 0.716. The maximum absolute atomic E-state index is 12.5. The van der Waals surface area contributed by atoms with E-state index in [-0.39, 0.29) is 11.6 Å². The molecule has 0 aliphatic rings. The second-order valence-corrected chi connectivity index (χ2v) is 2.53. The number of rotatable bonds is 2. The van der Waals surface area contributed by atoms with Gasteiger partial charge < -0.3 is 5.11 Å². The summed E-state index contributed by atoms with van der Waals surface area (Å²) >= 11 is 5.46. The summed E-state index contributed by atoms with van der Waals surface area (Å²) in [7, 11) is 0. The molecule has 0 saturated heterocycles. The Morgan fingerprint density at radius 3 is 3.00 bits per heavy atom. The van der Waals surface area contributed by atoms with Gasteiger partial charge in [0.2, 0.25) is 5.95 Å². The highest BCUT2D eigenvalue weighted by Crippen LogP contribution is 2.13. The third-order valence-electron chi connectivity index (χ3n) is 1.23. The van der Waals surface area contributed by atoms with Gasteiger partial charge in [-0.25, -0.2) is 4.98 Å². The lowest BCUT2D eigenvalue weighted by Gasteiger charge is -1.94. The van der Waals surface area contributed by atoms with Gasteiger partial charge in [-0.1, -0.05) is 23.8 Å². The molecule has 0 saturated carbocycles. The molecule has 0 fully saturated rings. The number of aromatic nitrogens is 1. The number of nitrogens with zero attached hydrogens (tertiary/aromatic N) is 1. The molecule has 64 valence electrons. The third-order valence-corrected chi connectivity index (χ3v) is 1.50. The number of halogens is 2. The number of aliphatic hydroxyl groups excluding tert-OH is 1. The van der Waals surface area contributed by atoms with Gasteiger partial charge in [-0.3, -0.25) is 0 Å². The minimum atomic E-state index is -0.683. The van der Waals surface area contributed by atoms with Crippen LogP contribution in [-0.2, 0) is 0 Å². The van der Waals surface area contributed by atoms with Gasteiger partial charge in [0, 0.05) is 6.20 Å². The molecule has 0 unspecified atom stereocenters. The Labute approximate surface area is 74.3 Å². The van der Waals surface area contributed by atoms with E-state index in [2.05, 4.69) is 4.98 Å². The molecule has 1 rings (SSSR count). The third kappa shape index (κ3) is 2.29. The fourth-order valence-corrected chi connectivity index (χ4v) is 0.891. The largest absolute Gasteiger partial charge is 0.392 e. The van der Waals surface area contributed by atoms with Crippen LogP contribution >= 0.6 is 11.6 Å². The molecule has 1 heterocycles. The summed E-state index contributed by atoms with van der Waals surface area (Å²) < 4.78 is 12.5. The van der Waals surface area contributed by atoms with Crippen molar-refractivity contribution in [1.82, 2.24) is 4.98 Å². The summed E-state index contributed by atoms with van der Waals surface area (Å²) in [5, 5.41) is 8.42. The first-order valence-corrected chi connectivity index (χ1v) is 3.70. The monoisotopic (exact) mass is 187 g/mol. The van der Waals surface area contributed by atoms with Crippen LogP contribution in [-0.4, -0.2) is 16.7 Å². The summed E-state index contributed by atoms with van der Waals surface area (Å²) in [4.78, 5) is 3.40. The van der Waals surface area contributed by atoms with Crippen molar-refractivity contribution >= 4 is 17.7 Å². The summed E-state index contributed by atoms with van der Waals surface area (Å²) in [5.41, 5.74) is 0.662. The minimum Gasteiger partial charge on any atom is -0.392 e. The predicted molar refractivity (Wildman–Crippen MR) is 45.3 cm³/mol. The minimum absolute atomic E-state index is 0.0184. The van der Waals surface area contributed by atoms with E-state index in [1.165, 1.54) is 18.3 Å². The van der Waals surface area contributed by atoms with Crippen molar-refractivity contribution < 1.29 is 9.50 Å². The smallest absolute Gasteiger partial charge is 0.231 e. The van der Waals surface area contributed by atoms with Crippen molar-refractivity contribution in [2.45, 2.75) is 0 Å². The van der Waals surface area contributed by atoms with Crippen molar-refractivity contribution in [3.63, 3.8) is 0 Å². The van der Waals surface area contributed by atoms with Crippen molar-refractivity contribution in [3.05, 3.63) is 34.9 Å². The molecule has 0 atom stereocenters. The van der Waals surface area contributed by atoms with E-state index in [9.17, 15) is 4.39 Å². The van der Waals surface area contributed by atoms with E-state index in [1.54, 1.807) is 6.08 Å². The highest BCUT2D eigenvalue weighted by Gasteiger charge is 1.99. The van der Waals surface area contributed by atoms with Crippen molar-refractivity contribution in [3.8, 4) is 0 Å². The molecule has 4 heteroatoms. The van der Waals surface area contributed by atoms with Gasteiger partial charge in [-0.05, 0) is 11.6 Å². The zero-order valence-electron chi connectivity index (χ0n) is 6.17. The number of aliphatic hydroxyl groups is 1. The zero-order valence-corrected chi connectivity index (χ0v) is 6.92. The van der Waals surface area contributed by atoms with Crippen LogP contribution in [0, 0.1) is 5.95 Å². The van der Waals surface area contributed by atoms with Crippen LogP contribution in [0.3, 0.4) is 0 Å². The Morgan fingerprint density at radius 1 is 1.67 bits per heavy atom. The Hall–Kier alpha value is -0.930. The molecular formula is C8H7ClFNO. The topological polar surface area (TPSA) is 33.1 Å². The maximum Gasteiger partial charge on any atom is 0.231 e. The molecule has 0 aromatic carbocycles. The molecule has 12 heavy (non-hydrogen) atoms. The number of pyridine rings is 1. The molecule has 0 amide bonds. The quantitative estimate of drug-likeness (QED) is 0.718. The first-order valence-electron chi connectivity index (χ1n) is 3.32. The average Bonchev–Trinajstić information content (AvgIpc) is 2.07. The molecule has 0 radical (unpaired) electrons. The summed E-state index contributed by atoms with van der Waals surface area (Å²) in [6, 6.07) is 1.44. The van der Waals surface area contributed by atoms with E-state index >= 15 is 0 Å². The van der Waals surface area contributed by atoms with Crippen LogP contribution in [0.15, 0.2) is 18.3 Å². The molecule has 0 aliphatic carbocycles. The second kappa shape index (κ2) is 4.18. The van der Waals surface area contributed by atoms with Crippen LogP contribution in [0.1, 0.15) is 5.56 Å². The first kappa shape index (κ1) is 9.16. The fraction of sp³-hybridized carbons (Fsp3) is 0.125. The second-order valence-electron chi connectivity index (χ2n) is 2.13. The molecule has 2 nitrogen and oxygen atoms in total. The summed E-state index contributed by atoms with van der Waals surface area (Å²) in [6.45, 7) is -0.0605. The molecule has 1 aromatic heterocycles. The lowest BCUT2D eigenvalue weighted by atomic mass is 10.2. The van der Waals surface area contributed by atoms with Crippen LogP contribution in [0.5, 0.6) is 0 Å². The average molecular weight is 188 g/mol. The van der Waals surface area contributed by atoms with Crippen LogP contribution in [0.2, 0.25) is 5.02 Å². The lowest BCUT2D eigenvalue weighted by Crippen LogP contribution is -1.84. The molecule has 1 aromatic rings. The first-order chi connectivity index (χ1) is 5.74. The lowest BCUT2D eigenvalue weighted by molar-refractivity contribution is 0.343. The van der Waals surface area contributed by atoms with Crippen molar-refractivity contribution in [1.29, 1.82) is 0 Å².